The van der Waals surface area contributed by atoms with Gasteiger partial charge in [0, 0.05) is 6.20 Å². The van der Waals surface area contributed by atoms with Crippen molar-refractivity contribution in [2.24, 2.45) is 0 Å². The van der Waals surface area contributed by atoms with E-state index in [1.165, 1.54) is 11.1 Å². The number of carbonyl (C=O) groups excluding carboxylic acids is 1. The molecule has 4 nitrogen and oxygen atoms in total. The second kappa shape index (κ2) is 7.40. The Bertz CT molecular complexity index is 892. The molecule has 0 radical (unpaired) electrons. The average Bonchev–Trinajstić information content (AvgIpc) is 3.10. The van der Waals surface area contributed by atoms with Crippen molar-refractivity contribution in [2.75, 3.05) is 0 Å². The van der Waals surface area contributed by atoms with Crippen LogP contribution in [0.25, 0.3) is 0 Å². The van der Waals surface area contributed by atoms with Crippen LogP contribution in [0, 0.1) is 0 Å². The summed E-state index contributed by atoms with van der Waals surface area (Å²) in [6.07, 6.45) is 3.57. The number of ether oxygens (including phenoxy) is 1. The molecular weight excluding hydrogens is 324 g/mol. The van der Waals surface area contributed by atoms with Crippen LogP contribution < -0.4 is 10.1 Å². The molecule has 1 aliphatic rings. The number of para-hydroxylation sites is 1. The van der Waals surface area contributed by atoms with Gasteiger partial charge in [-0.15, -0.1) is 0 Å². The lowest BCUT2D eigenvalue weighted by Gasteiger charge is -2.14. The van der Waals surface area contributed by atoms with Crippen LogP contribution in [-0.4, -0.2) is 10.9 Å². The third kappa shape index (κ3) is 3.59. The van der Waals surface area contributed by atoms with E-state index in [1.807, 2.05) is 48.5 Å². The van der Waals surface area contributed by atoms with Crippen molar-refractivity contribution in [3.63, 3.8) is 0 Å². The Kier molecular flexibility index (Phi) is 4.65. The van der Waals surface area contributed by atoms with E-state index >= 15 is 0 Å². The van der Waals surface area contributed by atoms with Gasteiger partial charge in [0.15, 0.2) is 0 Å². The molecule has 1 amide bonds. The van der Waals surface area contributed by atoms with E-state index in [0.717, 1.165) is 24.3 Å². The molecule has 0 saturated carbocycles. The largest absolute Gasteiger partial charge is 0.487 e. The highest BCUT2D eigenvalue weighted by atomic mass is 16.5. The van der Waals surface area contributed by atoms with E-state index in [1.54, 1.807) is 12.3 Å². The van der Waals surface area contributed by atoms with Crippen LogP contribution >= 0.6 is 0 Å². The second-order valence-corrected chi connectivity index (χ2v) is 6.40. The zero-order chi connectivity index (χ0) is 17.8. The molecule has 3 aromatic rings. The SMILES string of the molecule is O=C(NC1CCc2ccccc21)c1ccc(COc2ccccc2)nc1. The Morgan fingerprint density at radius 3 is 2.65 bits per heavy atom. The minimum Gasteiger partial charge on any atom is -0.487 e. The quantitative estimate of drug-likeness (QED) is 0.759. The van der Waals surface area contributed by atoms with Crippen molar-refractivity contribution in [3.8, 4) is 5.75 Å². The second-order valence-electron chi connectivity index (χ2n) is 6.40. The molecule has 4 heteroatoms. The molecule has 130 valence electrons. The third-order valence-electron chi connectivity index (χ3n) is 4.66. The number of nitrogens with one attached hydrogen (secondary N) is 1. The summed E-state index contributed by atoms with van der Waals surface area (Å²) in [4.78, 5) is 16.9. The van der Waals surface area contributed by atoms with Crippen molar-refractivity contribution in [3.05, 3.63) is 95.3 Å². The number of fused-ring (bicyclic) bond motifs is 1. The number of pyridine rings is 1. The number of amides is 1. The topological polar surface area (TPSA) is 51.2 Å². The van der Waals surface area contributed by atoms with Crippen molar-refractivity contribution in [1.82, 2.24) is 10.3 Å². The highest BCUT2D eigenvalue weighted by molar-refractivity contribution is 5.94. The fourth-order valence-electron chi connectivity index (χ4n) is 3.27. The monoisotopic (exact) mass is 344 g/mol. The zero-order valence-electron chi connectivity index (χ0n) is 14.4. The summed E-state index contributed by atoms with van der Waals surface area (Å²) < 4.78 is 5.68. The number of nitrogens with zero attached hydrogens (tertiary/aromatic N) is 1. The van der Waals surface area contributed by atoms with Gasteiger partial charge in [-0.25, -0.2) is 0 Å². The summed E-state index contributed by atoms with van der Waals surface area (Å²) in [6.45, 7) is 0.377. The molecule has 0 spiro atoms. The van der Waals surface area contributed by atoms with Crippen LogP contribution in [0.5, 0.6) is 5.75 Å². The molecule has 1 atom stereocenters. The number of rotatable bonds is 5. The Morgan fingerprint density at radius 1 is 1.04 bits per heavy atom. The van der Waals surface area contributed by atoms with Crippen LogP contribution in [-0.2, 0) is 13.0 Å². The number of aryl methyl sites for hydroxylation is 1. The molecule has 1 unspecified atom stereocenters. The Morgan fingerprint density at radius 2 is 1.85 bits per heavy atom. The van der Waals surface area contributed by atoms with Gasteiger partial charge in [0.25, 0.3) is 5.91 Å². The van der Waals surface area contributed by atoms with Gasteiger partial charge in [-0.3, -0.25) is 9.78 Å². The summed E-state index contributed by atoms with van der Waals surface area (Å²) >= 11 is 0. The summed E-state index contributed by atoms with van der Waals surface area (Å²) in [7, 11) is 0. The van der Waals surface area contributed by atoms with Gasteiger partial charge in [-0.1, -0.05) is 42.5 Å². The van der Waals surface area contributed by atoms with Crippen LogP contribution in [0.2, 0.25) is 0 Å². The van der Waals surface area contributed by atoms with Crippen LogP contribution in [0.4, 0.5) is 0 Å². The molecule has 1 aliphatic carbocycles. The highest BCUT2D eigenvalue weighted by Crippen LogP contribution is 2.30. The first-order valence-electron chi connectivity index (χ1n) is 8.81. The van der Waals surface area contributed by atoms with E-state index in [9.17, 15) is 4.79 Å². The normalized spacial score (nSPS) is 15.3. The molecular formula is C22H20N2O2. The molecule has 1 heterocycles. The number of carbonyl (C=O) groups is 1. The fraction of sp³-hybridized carbons (Fsp3) is 0.182. The number of benzene rings is 2. The van der Waals surface area contributed by atoms with Gasteiger partial charge in [0.05, 0.1) is 17.3 Å². The number of hydrogen-bond acceptors (Lipinski definition) is 3. The predicted octanol–water partition coefficient (Wildman–Crippen LogP) is 4.08. The first-order chi connectivity index (χ1) is 12.8. The third-order valence-corrected chi connectivity index (χ3v) is 4.66. The van der Waals surface area contributed by atoms with Gasteiger partial charge >= 0.3 is 0 Å². The molecule has 0 saturated heterocycles. The van der Waals surface area contributed by atoms with E-state index in [0.29, 0.717) is 12.2 Å². The summed E-state index contributed by atoms with van der Waals surface area (Å²) in [6, 6.07) is 21.6. The molecule has 2 aromatic carbocycles. The molecule has 4 rings (SSSR count). The van der Waals surface area contributed by atoms with Crippen LogP contribution in [0.3, 0.4) is 0 Å². The molecule has 0 bridgehead atoms. The van der Waals surface area contributed by atoms with Gasteiger partial charge in [-0.05, 0) is 48.2 Å². The fourth-order valence-corrected chi connectivity index (χ4v) is 3.27. The minimum absolute atomic E-state index is 0.0831. The lowest BCUT2D eigenvalue weighted by Crippen LogP contribution is -2.27. The van der Waals surface area contributed by atoms with E-state index in [-0.39, 0.29) is 11.9 Å². The van der Waals surface area contributed by atoms with E-state index in [4.69, 9.17) is 4.74 Å². The van der Waals surface area contributed by atoms with E-state index in [2.05, 4.69) is 22.4 Å². The van der Waals surface area contributed by atoms with Gasteiger partial charge in [0.2, 0.25) is 0 Å². The maximum absolute atomic E-state index is 12.5. The van der Waals surface area contributed by atoms with Gasteiger partial charge in [0.1, 0.15) is 12.4 Å². The van der Waals surface area contributed by atoms with E-state index < -0.39 is 0 Å². The zero-order valence-corrected chi connectivity index (χ0v) is 14.4. The average molecular weight is 344 g/mol. The molecule has 26 heavy (non-hydrogen) atoms. The first kappa shape index (κ1) is 16.3. The first-order valence-corrected chi connectivity index (χ1v) is 8.81. The Labute approximate surface area is 152 Å². The molecule has 0 aliphatic heterocycles. The standard InChI is InChI=1S/C22H20N2O2/c25-22(24-21-13-11-16-6-4-5-9-20(16)21)17-10-12-18(23-14-17)15-26-19-7-2-1-3-8-19/h1-10,12,14,21H,11,13,15H2,(H,24,25). The van der Waals surface area contributed by atoms with Crippen LogP contribution in [0.15, 0.2) is 72.9 Å². The maximum Gasteiger partial charge on any atom is 0.253 e. The molecule has 1 aromatic heterocycles. The van der Waals surface area contributed by atoms with Gasteiger partial charge in [-0.2, -0.15) is 0 Å². The van der Waals surface area contributed by atoms with Crippen molar-refractivity contribution in [2.45, 2.75) is 25.5 Å². The maximum atomic E-state index is 12.5. The van der Waals surface area contributed by atoms with Gasteiger partial charge < -0.3 is 10.1 Å². The Hall–Kier alpha value is -3.14. The predicted molar refractivity (Wildman–Crippen MR) is 100.0 cm³/mol. The number of aromatic nitrogens is 1. The lowest BCUT2D eigenvalue weighted by atomic mass is 10.1. The van der Waals surface area contributed by atoms with Crippen molar-refractivity contribution < 1.29 is 9.53 Å². The number of hydrogen-bond donors (Lipinski definition) is 1. The minimum atomic E-state index is -0.0882. The van der Waals surface area contributed by atoms with Crippen molar-refractivity contribution in [1.29, 1.82) is 0 Å². The summed E-state index contributed by atoms with van der Waals surface area (Å²) in [5, 5.41) is 3.12. The smallest absolute Gasteiger partial charge is 0.253 e. The molecule has 0 fully saturated rings. The summed E-state index contributed by atoms with van der Waals surface area (Å²) in [5.41, 5.74) is 3.90. The summed E-state index contributed by atoms with van der Waals surface area (Å²) in [5.74, 6) is 0.714. The highest BCUT2D eigenvalue weighted by Gasteiger charge is 2.23. The van der Waals surface area contributed by atoms with Crippen LogP contribution in [0.1, 0.15) is 39.6 Å². The lowest BCUT2D eigenvalue weighted by molar-refractivity contribution is 0.0936. The molecule has 1 N–H and O–H groups in total. The van der Waals surface area contributed by atoms with Crippen molar-refractivity contribution >= 4 is 5.91 Å². The Balaban J connectivity index is 1.37.